The minimum absolute atomic E-state index is 0. The van der Waals surface area contributed by atoms with Crippen LogP contribution >= 0.6 is 24.0 Å². The lowest BCUT2D eigenvalue weighted by molar-refractivity contribution is -0.274. The Morgan fingerprint density at radius 3 is 2.52 bits per heavy atom. The average Bonchev–Trinajstić information content (AvgIpc) is 2.51. The minimum Gasteiger partial charge on any atom is -0.404 e. The van der Waals surface area contributed by atoms with Gasteiger partial charge in [-0.3, -0.25) is 4.99 Å². The molecule has 1 aliphatic rings. The zero-order valence-electron chi connectivity index (χ0n) is 15.6. The molecule has 0 spiro atoms. The van der Waals surface area contributed by atoms with Crippen molar-refractivity contribution in [2.75, 3.05) is 31.5 Å². The highest BCUT2D eigenvalue weighted by molar-refractivity contribution is 14.0. The number of hydrogen-bond donors (Lipinski definition) is 2. The monoisotopic (exact) mass is 500 g/mol. The standard InChI is InChI=1S/C18H27F3N4O.HI/c1-13-10-14(2)12-25(11-13)9-5-8-23-17(22)24-15-6-3-4-7-16(15)26-18(19,20)21;/h3-4,6-7,13-14H,5,8-12H2,1-2H3,(H3,22,23,24);1H. The van der Waals surface area contributed by atoms with Gasteiger partial charge in [-0.05, 0) is 43.4 Å². The number of halogens is 4. The maximum atomic E-state index is 12.4. The summed E-state index contributed by atoms with van der Waals surface area (Å²) >= 11 is 0. The summed E-state index contributed by atoms with van der Waals surface area (Å²) in [6.45, 7) is 8.19. The van der Waals surface area contributed by atoms with Crippen LogP contribution in [0.3, 0.4) is 0 Å². The Hall–Kier alpha value is -1.23. The second-order valence-electron chi connectivity index (χ2n) is 7.00. The zero-order valence-corrected chi connectivity index (χ0v) is 18.0. The molecule has 2 unspecified atom stereocenters. The lowest BCUT2D eigenvalue weighted by Crippen LogP contribution is -2.39. The van der Waals surface area contributed by atoms with E-state index in [2.05, 4.69) is 33.8 Å². The van der Waals surface area contributed by atoms with Gasteiger partial charge in [0, 0.05) is 19.6 Å². The van der Waals surface area contributed by atoms with Crippen molar-refractivity contribution in [3.05, 3.63) is 24.3 Å². The van der Waals surface area contributed by atoms with Crippen molar-refractivity contribution >= 4 is 35.6 Å². The van der Waals surface area contributed by atoms with Crippen LogP contribution in [0, 0.1) is 11.8 Å². The summed E-state index contributed by atoms with van der Waals surface area (Å²) in [5, 5.41) is 2.67. The summed E-state index contributed by atoms with van der Waals surface area (Å²) < 4.78 is 41.2. The highest BCUT2D eigenvalue weighted by Gasteiger charge is 2.32. The second-order valence-corrected chi connectivity index (χ2v) is 7.00. The summed E-state index contributed by atoms with van der Waals surface area (Å²) in [5.74, 6) is 1.15. The molecule has 2 atom stereocenters. The molecular weight excluding hydrogens is 472 g/mol. The molecule has 1 heterocycles. The topological polar surface area (TPSA) is 62.9 Å². The van der Waals surface area contributed by atoms with Gasteiger partial charge in [0.25, 0.3) is 0 Å². The molecule has 0 saturated carbocycles. The van der Waals surface area contributed by atoms with Gasteiger partial charge in [0.15, 0.2) is 11.7 Å². The third kappa shape index (κ3) is 9.00. The number of nitrogens with two attached hydrogens (primary N) is 1. The molecule has 154 valence electrons. The van der Waals surface area contributed by atoms with E-state index in [1.54, 1.807) is 6.07 Å². The number of piperidine rings is 1. The molecule has 27 heavy (non-hydrogen) atoms. The number of nitrogens with zero attached hydrogens (tertiary/aromatic N) is 2. The Kier molecular flexibility index (Phi) is 9.65. The number of para-hydroxylation sites is 2. The first-order valence-electron chi connectivity index (χ1n) is 8.87. The van der Waals surface area contributed by atoms with Crippen molar-refractivity contribution < 1.29 is 17.9 Å². The van der Waals surface area contributed by atoms with Crippen molar-refractivity contribution in [1.29, 1.82) is 0 Å². The van der Waals surface area contributed by atoms with Crippen LogP contribution in [0.15, 0.2) is 29.3 Å². The van der Waals surface area contributed by atoms with E-state index in [0.717, 1.165) is 26.1 Å². The van der Waals surface area contributed by atoms with E-state index < -0.39 is 6.36 Å². The molecule has 0 aliphatic carbocycles. The van der Waals surface area contributed by atoms with Crippen LogP contribution in [0.2, 0.25) is 0 Å². The quantitative estimate of drug-likeness (QED) is 0.265. The number of rotatable bonds is 6. The number of ether oxygens (including phenoxy) is 1. The molecule has 0 bridgehead atoms. The molecule has 0 aromatic heterocycles. The van der Waals surface area contributed by atoms with E-state index in [9.17, 15) is 13.2 Å². The Morgan fingerprint density at radius 2 is 1.89 bits per heavy atom. The molecule has 2 rings (SSSR count). The number of benzene rings is 1. The number of likely N-dealkylation sites (tertiary alicyclic amines) is 1. The summed E-state index contributed by atoms with van der Waals surface area (Å²) in [4.78, 5) is 6.63. The first-order chi connectivity index (χ1) is 12.2. The van der Waals surface area contributed by atoms with Crippen LogP contribution in [0.25, 0.3) is 0 Å². The van der Waals surface area contributed by atoms with Crippen molar-refractivity contribution in [2.24, 2.45) is 22.6 Å². The molecule has 1 aromatic rings. The van der Waals surface area contributed by atoms with E-state index in [-0.39, 0.29) is 41.4 Å². The predicted octanol–water partition coefficient (Wildman–Crippen LogP) is 4.30. The molecule has 5 nitrogen and oxygen atoms in total. The maximum absolute atomic E-state index is 12.4. The van der Waals surface area contributed by atoms with E-state index in [1.807, 2.05) is 0 Å². The molecule has 1 aromatic carbocycles. The van der Waals surface area contributed by atoms with Gasteiger partial charge in [0.2, 0.25) is 0 Å². The fraction of sp³-hybridized carbons (Fsp3) is 0.611. The van der Waals surface area contributed by atoms with Gasteiger partial charge in [0.1, 0.15) is 0 Å². The normalized spacial score (nSPS) is 21.4. The van der Waals surface area contributed by atoms with Crippen LogP contribution in [-0.2, 0) is 0 Å². The summed E-state index contributed by atoms with van der Waals surface area (Å²) in [7, 11) is 0. The smallest absolute Gasteiger partial charge is 0.404 e. The molecule has 0 amide bonds. The number of hydrogen-bond acceptors (Lipinski definition) is 3. The SMILES string of the molecule is CC1CC(C)CN(CCCN=C(N)Nc2ccccc2OC(F)(F)F)C1.I. The maximum Gasteiger partial charge on any atom is 0.573 e. The van der Waals surface area contributed by atoms with E-state index in [0.29, 0.717) is 18.4 Å². The third-order valence-electron chi connectivity index (χ3n) is 4.23. The first kappa shape index (κ1) is 23.8. The highest BCUT2D eigenvalue weighted by Crippen LogP contribution is 2.29. The van der Waals surface area contributed by atoms with Crippen LogP contribution in [-0.4, -0.2) is 43.4 Å². The van der Waals surface area contributed by atoms with Crippen molar-refractivity contribution in [3.63, 3.8) is 0 Å². The summed E-state index contributed by atoms with van der Waals surface area (Å²) in [6.07, 6.45) is -2.64. The van der Waals surface area contributed by atoms with Crippen molar-refractivity contribution in [1.82, 2.24) is 4.90 Å². The molecule has 1 saturated heterocycles. The lowest BCUT2D eigenvalue weighted by atomic mass is 9.92. The van der Waals surface area contributed by atoms with E-state index in [1.165, 1.54) is 24.6 Å². The minimum atomic E-state index is -4.76. The van der Waals surface area contributed by atoms with Crippen molar-refractivity contribution in [2.45, 2.75) is 33.1 Å². The van der Waals surface area contributed by atoms with Crippen LogP contribution < -0.4 is 15.8 Å². The van der Waals surface area contributed by atoms with Gasteiger partial charge in [-0.25, -0.2) is 0 Å². The van der Waals surface area contributed by atoms with Gasteiger partial charge < -0.3 is 20.7 Å². The van der Waals surface area contributed by atoms with E-state index in [4.69, 9.17) is 5.73 Å². The van der Waals surface area contributed by atoms with Crippen LogP contribution in [0.4, 0.5) is 18.9 Å². The molecule has 3 N–H and O–H groups in total. The Morgan fingerprint density at radius 1 is 1.26 bits per heavy atom. The Balaban J connectivity index is 0.00000364. The lowest BCUT2D eigenvalue weighted by Gasteiger charge is -2.34. The number of anilines is 1. The molecule has 0 radical (unpaired) electrons. The summed E-state index contributed by atoms with van der Waals surface area (Å²) in [5.41, 5.74) is 5.92. The van der Waals surface area contributed by atoms with Gasteiger partial charge in [-0.1, -0.05) is 26.0 Å². The molecule has 1 fully saturated rings. The largest absolute Gasteiger partial charge is 0.573 e. The van der Waals surface area contributed by atoms with E-state index >= 15 is 0 Å². The number of guanidine groups is 1. The van der Waals surface area contributed by atoms with Gasteiger partial charge in [0.05, 0.1) is 5.69 Å². The van der Waals surface area contributed by atoms with Crippen LogP contribution in [0.5, 0.6) is 5.75 Å². The average molecular weight is 500 g/mol. The first-order valence-corrected chi connectivity index (χ1v) is 8.87. The Bertz CT molecular complexity index is 603. The van der Waals surface area contributed by atoms with Gasteiger partial charge >= 0.3 is 6.36 Å². The predicted molar refractivity (Wildman–Crippen MR) is 113 cm³/mol. The van der Waals surface area contributed by atoms with Crippen molar-refractivity contribution in [3.8, 4) is 5.75 Å². The molecule has 1 aliphatic heterocycles. The number of aliphatic imine (C=N–C) groups is 1. The number of alkyl halides is 3. The molecule has 9 heteroatoms. The highest BCUT2D eigenvalue weighted by atomic mass is 127. The number of nitrogens with one attached hydrogen (secondary N) is 1. The third-order valence-corrected chi connectivity index (χ3v) is 4.23. The fourth-order valence-electron chi connectivity index (χ4n) is 3.43. The zero-order chi connectivity index (χ0) is 19.2. The summed E-state index contributed by atoms with van der Waals surface area (Å²) in [6, 6.07) is 5.74. The molecular formula is C18H28F3IN4O. The van der Waals surface area contributed by atoms with Gasteiger partial charge in [-0.2, -0.15) is 0 Å². The fourth-order valence-corrected chi connectivity index (χ4v) is 3.43. The Labute approximate surface area is 175 Å². The van der Waals surface area contributed by atoms with Crippen LogP contribution in [0.1, 0.15) is 26.7 Å². The van der Waals surface area contributed by atoms with Gasteiger partial charge in [-0.15, -0.1) is 37.1 Å². The second kappa shape index (κ2) is 10.9.